The second-order valence-electron chi connectivity index (χ2n) is 5.12. The van der Waals surface area contributed by atoms with Crippen LogP contribution in [0.5, 0.6) is 0 Å². The summed E-state index contributed by atoms with van der Waals surface area (Å²) in [7, 11) is 1.90. The van der Waals surface area contributed by atoms with Gasteiger partial charge in [0.2, 0.25) is 0 Å². The van der Waals surface area contributed by atoms with Crippen LogP contribution in [-0.2, 0) is 0 Å². The van der Waals surface area contributed by atoms with Crippen LogP contribution in [0.15, 0.2) is 12.1 Å². The predicted molar refractivity (Wildman–Crippen MR) is 71.0 cm³/mol. The molecule has 1 amide bonds. The minimum atomic E-state index is -1.35. The molecule has 1 unspecified atom stereocenters. The largest absolute Gasteiger partial charge is 0.348 e. The van der Waals surface area contributed by atoms with Gasteiger partial charge in [-0.25, -0.2) is 8.78 Å². The van der Waals surface area contributed by atoms with Gasteiger partial charge in [0.1, 0.15) is 5.56 Å². The fourth-order valence-electron chi connectivity index (χ4n) is 2.42. The van der Waals surface area contributed by atoms with Gasteiger partial charge in [0.25, 0.3) is 11.6 Å². The van der Waals surface area contributed by atoms with E-state index in [1.807, 2.05) is 11.9 Å². The molecule has 0 saturated carbocycles. The molecule has 1 atom stereocenters. The first-order valence-corrected chi connectivity index (χ1v) is 6.51. The maximum atomic E-state index is 13.2. The van der Waals surface area contributed by atoms with Crippen LogP contribution in [-0.4, -0.2) is 41.9 Å². The number of hydrogen-bond acceptors (Lipinski definition) is 4. The number of likely N-dealkylation sites (N-methyl/N-ethyl adjacent to an activating group) is 1. The summed E-state index contributed by atoms with van der Waals surface area (Å²) in [6.45, 7) is 1.53. The second-order valence-corrected chi connectivity index (χ2v) is 5.12. The number of rotatable bonds is 3. The van der Waals surface area contributed by atoms with Gasteiger partial charge < -0.3 is 10.2 Å². The van der Waals surface area contributed by atoms with E-state index in [0.29, 0.717) is 18.7 Å². The highest BCUT2D eigenvalue weighted by molar-refractivity contribution is 5.98. The highest BCUT2D eigenvalue weighted by atomic mass is 19.2. The van der Waals surface area contributed by atoms with Crippen molar-refractivity contribution in [3.05, 3.63) is 39.4 Å². The fraction of sp³-hybridized carbons (Fsp3) is 0.462. The normalized spacial score (nSPS) is 19.3. The number of nitro benzene ring substituents is 1. The fourth-order valence-corrected chi connectivity index (χ4v) is 2.42. The van der Waals surface area contributed by atoms with E-state index in [1.165, 1.54) is 0 Å². The number of piperidine rings is 1. The van der Waals surface area contributed by atoms with Crippen molar-refractivity contribution in [3.63, 3.8) is 0 Å². The second kappa shape index (κ2) is 6.13. The summed E-state index contributed by atoms with van der Waals surface area (Å²) in [4.78, 5) is 24.1. The highest BCUT2D eigenvalue weighted by Gasteiger charge is 2.26. The Morgan fingerprint density at radius 2 is 2.10 bits per heavy atom. The number of carbonyl (C=O) groups is 1. The molecule has 0 aromatic heterocycles. The number of halogens is 2. The Bertz CT molecular complexity index is 580. The number of nitro groups is 1. The van der Waals surface area contributed by atoms with E-state index in [1.54, 1.807) is 0 Å². The molecular formula is C13H15F2N3O3. The van der Waals surface area contributed by atoms with Crippen LogP contribution < -0.4 is 5.32 Å². The molecule has 0 spiro atoms. The first-order valence-electron chi connectivity index (χ1n) is 6.51. The molecule has 1 saturated heterocycles. The highest BCUT2D eigenvalue weighted by Crippen LogP contribution is 2.22. The van der Waals surface area contributed by atoms with Gasteiger partial charge in [-0.3, -0.25) is 14.9 Å². The Balaban J connectivity index is 2.22. The van der Waals surface area contributed by atoms with Crippen molar-refractivity contribution < 1.29 is 18.5 Å². The summed E-state index contributed by atoms with van der Waals surface area (Å²) in [6, 6.07) is 0.830. The first kappa shape index (κ1) is 15.3. The molecule has 1 aromatic rings. The molecule has 1 fully saturated rings. The predicted octanol–water partition coefficient (Wildman–Crippen LogP) is 1.70. The van der Waals surface area contributed by atoms with Gasteiger partial charge in [0.05, 0.1) is 11.0 Å². The van der Waals surface area contributed by atoms with Gasteiger partial charge in [0, 0.05) is 12.6 Å². The summed E-state index contributed by atoms with van der Waals surface area (Å²) in [5, 5.41) is 13.5. The average molecular weight is 299 g/mol. The monoisotopic (exact) mass is 299 g/mol. The molecule has 6 nitrogen and oxygen atoms in total. The standard InChI is InChI=1S/C13H15F2N3O3/c1-17-4-2-3-8(7-17)16-13(19)9-5-10(14)11(15)6-12(9)18(20)21/h5-6,8H,2-4,7H2,1H3,(H,16,19). The van der Waals surface area contributed by atoms with Crippen LogP contribution in [0.3, 0.4) is 0 Å². The van der Waals surface area contributed by atoms with Gasteiger partial charge >= 0.3 is 0 Å². The van der Waals surface area contributed by atoms with E-state index in [4.69, 9.17) is 0 Å². The number of nitrogens with one attached hydrogen (secondary N) is 1. The van der Waals surface area contributed by atoms with Crippen molar-refractivity contribution in [1.29, 1.82) is 0 Å². The summed E-state index contributed by atoms with van der Waals surface area (Å²) in [6.07, 6.45) is 1.63. The molecule has 21 heavy (non-hydrogen) atoms. The zero-order valence-electron chi connectivity index (χ0n) is 11.4. The SMILES string of the molecule is CN1CCCC(NC(=O)c2cc(F)c(F)cc2[N+](=O)[O-])C1. The molecule has 1 aliphatic rings. The summed E-state index contributed by atoms with van der Waals surface area (Å²) < 4.78 is 26.3. The zero-order valence-corrected chi connectivity index (χ0v) is 11.4. The van der Waals surface area contributed by atoms with Crippen LogP contribution in [0, 0.1) is 21.7 Å². The third-order valence-electron chi connectivity index (χ3n) is 3.44. The van der Waals surface area contributed by atoms with Gasteiger partial charge in [-0.15, -0.1) is 0 Å². The van der Waals surface area contributed by atoms with Gasteiger partial charge in [-0.05, 0) is 32.5 Å². The quantitative estimate of drug-likeness (QED) is 0.681. The maximum absolute atomic E-state index is 13.2. The lowest BCUT2D eigenvalue weighted by molar-refractivity contribution is -0.385. The van der Waals surface area contributed by atoms with E-state index in [-0.39, 0.29) is 6.04 Å². The van der Waals surface area contributed by atoms with E-state index in [2.05, 4.69) is 5.32 Å². The molecule has 1 aliphatic heterocycles. The maximum Gasteiger partial charge on any atom is 0.285 e. The van der Waals surface area contributed by atoms with E-state index < -0.39 is 33.7 Å². The molecule has 2 rings (SSSR count). The molecular weight excluding hydrogens is 284 g/mol. The Morgan fingerprint density at radius 3 is 2.71 bits per heavy atom. The third kappa shape index (κ3) is 3.52. The molecule has 1 N–H and O–H groups in total. The molecule has 114 valence electrons. The Labute approximate surface area is 119 Å². The van der Waals surface area contributed by atoms with Gasteiger partial charge in [0.15, 0.2) is 11.6 Å². The zero-order chi connectivity index (χ0) is 15.6. The van der Waals surface area contributed by atoms with E-state index in [0.717, 1.165) is 19.4 Å². The summed E-state index contributed by atoms with van der Waals surface area (Å²) in [5.74, 6) is -3.40. The lowest BCUT2D eigenvalue weighted by Crippen LogP contribution is -2.46. The summed E-state index contributed by atoms with van der Waals surface area (Å²) >= 11 is 0. The number of nitrogens with zero attached hydrogens (tertiary/aromatic N) is 2. The van der Waals surface area contributed by atoms with Crippen molar-refractivity contribution >= 4 is 11.6 Å². The Morgan fingerprint density at radius 1 is 1.43 bits per heavy atom. The number of hydrogen-bond donors (Lipinski definition) is 1. The van der Waals surface area contributed by atoms with Crippen molar-refractivity contribution in [2.24, 2.45) is 0 Å². The van der Waals surface area contributed by atoms with Gasteiger partial charge in [-0.2, -0.15) is 0 Å². The Kier molecular flexibility index (Phi) is 4.46. The number of carbonyl (C=O) groups excluding carboxylic acids is 1. The molecule has 0 aliphatic carbocycles. The minimum Gasteiger partial charge on any atom is -0.348 e. The topological polar surface area (TPSA) is 75.5 Å². The van der Waals surface area contributed by atoms with Crippen molar-refractivity contribution in [1.82, 2.24) is 10.2 Å². The lowest BCUT2D eigenvalue weighted by atomic mass is 10.1. The molecule has 0 radical (unpaired) electrons. The first-order chi connectivity index (χ1) is 9.88. The van der Waals surface area contributed by atoms with Crippen molar-refractivity contribution in [2.75, 3.05) is 20.1 Å². The summed E-state index contributed by atoms with van der Waals surface area (Å²) in [5.41, 5.74) is -1.21. The van der Waals surface area contributed by atoms with E-state index >= 15 is 0 Å². The number of likely N-dealkylation sites (tertiary alicyclic amines) is 1. The van der Waals surface area contributed by atoms with Crippen molar-refractivity contribution in [2.45, 2.75) is 18.9 Å². The molecule has 8 heteroatoms. The van der Waals surface area contributed by atoms with Crippen LogP contribution in [0.25, 0.3) is 0 Å². The van der Waals surface area contributed by atoms with Crippen LogP contribution in [0.4, 0.5) is 14.5 Å². The van der Waals surface area contributed by atoms with Crippen LogP contribution >= 0.6 is 0 Å². The molecule has 0 bridgehead atoms. The Hall–Kier alpha value is -2.09. The molecule has 1 heterocycles. The minimum absolute atomic E-state index is 0.163. The number of amides is 1. The third-order valence-corrected chi connectivity index (χ3v) is 3.44. The van der Waals surface area contributed by atoms with Crippen LogP contribution in [0.2, 0.25) is 0 Å². The van der Waals surface area contributed by atoms with Crippen LogP contribution in [0.1, 0.15) is 23.2 Å². The smallest absolute Gasteiger partial charge is 0.285 e. The average Bonchev–Trinajstić information content (AvgIpc) is 2.41. The molecule has 1 aromatic carbocycles. The van der Waals surface area contributed by atoms with E-state index in [9.17, 15) is 23.7 Å². The number of benzene rings is 1. The van der Waals surface area contributed by atoms with Gasteiger partial charge in [-0.1, -0.05) is 0 Å². The lowest BCUT2D eigenvalue weighted by Gasteiger charge is -2.30. The van der Waals surface area contributed by atoms with Crippen molar-refractivity contribution in [3.8, 4) is 0 Å².